The van der Waals surface area contributed by atoms with Crippen molar-refractivity contribution in [1.82, 2.24) is 9.55 Å². The molecule has 6 nitrogen and oxygen atoms in total. The van der Waals surface area contributed by atoms with Gasteiger partial charge in [-0.15, -0.1) is 11.8 Å². The molecule has 0 aliphatic heterocycles. The second-order valence-electron chi connectivity index (χ2n) is 5.73. The monoisotopic (exact) mass is 365 g/mol. The van der Waals surface area contributed by atoms with E-state index in [0.29, 0.717) is 16.8 Å². The average molecular weight is 365 g/mol. The third-order valence-corrected chi connectivity index (χ3v) is 4.78. The van der Waals surface area contributed by atoms with Crippen molar-refractivity contribution in [2.75, 3.05) is 11.6 Å². The van der Waals surface area contributed by atoms with Gasteiger partial charge in [0.05, 0.1) is 6.33 Å². The molecular formula is C19H15N3O3S. The van der Waals surface area contributed by atoms with Crippen molar-refractivity contribution < 1.29 is 9.21 Å². The standard InChI is InChI=1S/C19H15N3O3S/c1-26-13-8-6-12(7-9-13)21-16(23)10-22-11-20-17-14-4-2-3-5-15(14)25-18(17)19(22)24/h2-9,11H,10H2,1H3,(H,21,23). The Kier molecular flexibility index (Phi) is 4.22. The lowest BCUT2D eigenvalue weighted by atomic mass is 10.2. The molecule has 0 unspecified atom stereocenters. The number of carbonyl (C=O) groups excluding carboxylic acids is 1. The molecule has 26 heavy (non-hydrogen) atoms. The molecule has 4 aromatic rings. The van der Waals surface area contributed by atoms with Crippen molar-refractivity contribution in [1.29, 1.82) is 0 Å². The zero-order valence-electron chi connectivity index (χ0n) is 13.9. The summed E-state index contributed by atoms with van der Waals surface area (Å²) >= 11 is 1.63. The van der Waals surface area contributed by atoms with Crippen LogP contribution in [-0.4, -0.2) is 21.7 Å². The van der Waals surface area contributed by atoms with Gasteiger partial charge >= 0.3 is 0 Å². The van der Waals surface area contributed by atoms with Gasteiger partial charge in [-0.1, -0.05) is 12.1 Å². The Morgan fingerprint density at radius 2 is 1.96 bits per heavy atom. The number of aromatic nitrogens is 2. The van der Waals surface area contributed by atoms with Crippen LogP contribution in [0.5, 0.6) is 0 Å². The van der Waals surface area contributed by atoms with Crippen LogP contribution in [0.25, 0.3) is 22.1 Å². The number of hydrogen-bond acceptors (Lipinski definition) is 5. The lowest BCUT2D eigenvalue weighted by Crippen LogP contribution is -2.27. The predicted molar refractivity (Wildman–Crippen MR) is 103 cm³/mol. The number of hydrogen-bond donors (Lipinski definition) is 1. The van der Waals surface area contributed by atoms with Crippen LogP contribution in [0, 0.1) is 0 Å². The van der Waals surface area contributed by atoms with E-state index in [9.17, 15) is 9.59 Å². The number of thioether (sulfide) groups is 1. The van der Waals surface area contributed by atoms with Crippen molar-refractivity contribution in [3.05, 3.63) is 65.2 Å². The quantitative estimate of drug-likeness (QED) is 0.560. The highest BCUT2D eigenvalue weighted by molar-refractivity contribution is 7.98. The Labute approximate surface area is 152 Å². The molecule has 7 heteroatoms. The summed E-state index contributed by atoms with van der Waals surface area (Å²) in [6.45, 7) is -0.136. The number of amides is 1. The molecule has 130 valence electrons. The molecule has 0 radical (unpaired) electrons. The summed E-state index contributed by atoms with van der Waals surface area (Å²) in [4.78, 5) is 30.3. The van der Waals surface area contributed by atoms with E-state index < -0.39 is 0 Å². The van der Waals surface area contributed by atoms with Gasteiger partial charge in [-0.2, -0.15) is 0 Å². The second-order valence-corrected chi connectivity index (χ2v) is 6.61. The zero-order chi connectivity index (χ0) is 18.1. The maximum absolute atomic E-state index is 12.6. The zero-order valence-corrected chi connectivity index (χ0v) is 14.7. The smallest absolute Gasteiger partial charge is 0.297 e. The van der Waals surface area contributed by atoms with E-state index in [0.717, 1.165) is 10.3 Å². The van der Waals surface area contributed by atoms with Gasteiger partial charge in [0.25, 0.3) is 5.56 Å². The summed E-state index contributed by atoms with van der Waals surface area (Å²) in [5.41, 5.74) is 1.57. The summed E-state index contributed by atoms with van der Waals surface area (Å²) < 4.78 is 6.87. The van der Waals surface area contributed by atoms with Gasteiger partial charge in [-0.05, 0) is 42.7 Å². The van der Waals surface area contributed by atoms with Crippen molar-refractivity contribution in [3.63, 3.8) is 0 Å². The molecule has 0 saturated carbocycles. The minimum absolute atomic E-state index is 0.136. The highest BCUT2D eigenvalue weighted by Gasteiger charge is 2.14. The highest BCUT2D eigenvalue weighted by atomic mass is 32.2. The molecule has 0 aliphatic carbocycles. The number of benzene rings is 2. The van der Waals surface area contributed by atoms with Crippen molar-refractivity contribution in [2.45, 2.75) is 11.4 Å². The van der Waals surface area contributed by atoms with Gasteiger partial charge in [0, 0.05) is 16.0 Å². The maximum atomic E-state index is 12.6. The number of nitrogens with one attached hydrogen (secondary N) is 1. The maximum Gasteiger partial charge on any atom is 0.297 e. The van der Waals surface area contributed by atoms with Crippen LogP contribution in [0.1, 0.15) is 0 Å². The lowest BCUT2D eigenvalue weighted by molar-refractivity contribution is -0.116. The molecule has 0 bridgehead atoms. The Morgan fingerprint density at radius 1 is 1.19 bits per heavy atom. The molecular weight excluding hydrogens is 350 g/mol. The molecule has 2 aromatic carbocycles. The number of fused-ring (bicyclic) bond motifs is 3. The summed E-state index contributed by atoms with van der Waals surface area (Å²) in [7, 11) is 0. The number of nitrogens with zero attached hydrogens (tertiary/aromatic N) is 2. The molecule has 1 amide bonds. The molecule has 1 N–H and O–H groups in total. The first kappa shape index (κ1) is 16.4. The van der Waals surface area contributed by atoms with Gasteiger partial charge < -0.3 is 9.73 Å². The van der Waals surface area contributed by atoms with Crippen molar-refractivity contribution >= 4 is 45.4 Å². The van der Waals surface area contributed by atoms with E-state index >= 15 is 0 Å². The SMILES string of the molecule is CSc1ccc(NC(=O)Cn2cnc3c(oc4ccccc43)c2=O)cc1. The van der Waals surface area contributed by atoms with Gasteiger partial charge in [-0.3, -0.25) is 14.2 Å². The molecule has 0 atom stereocenters. The Bertz CT molecular complexity index is 1160. The van der Waals surface area contributed by atoms with Gasteiger partial charge in [0.15, 0.2) is 0 Å². The Hall–Kier alpha value is -3.06. The highest BCUT2D eigenvalue weighted by Crippen LogP contribution is 2.24. The van der Waals surface area contributed by atoms with Gasteiger partial charge in [0.2, 0.25) is 11.5 Å². The fourth-order valence-corrected chi connectivity index (χ4v) is 3.17. The Morgan fingerprint density at radius 3 is 2.73 bits per heavy atom. The normalized spacial score (nSPS) is 11.1. The molecule has 0 aliphatic rings. The predicted octanol–water partition coefficient (Wildman–Crippen LogP) is 3.50. The van der Waals surface area contributed by atoms with Crippen LogP contribution in [-0.2, 0) is 11.3 Å². The van der Waals surface area contributed by atoms with Crippen LogP contribution < -0.4 is 10.9 Å². The van der Waals surface area contributed by atoms with Crippen LogP contribution in [0.3, 0.4) is 0 Å². The van der Waals surface area contributed by atoms with E-state index in [2.05, 4.69) is 10.3 Å². The van der Waals surface area contributed by atoms with Gasteiger partial charge in [0.1, 0.15) is 17.6 Å². The van der Waals surface area contributed by atoms with Crippen LogP contribution >= 0.6 is 11.8 Å². The van der Waals surface area contributed by atoms with E-state index in [1.165, 1.54) is 10.9 Å². The summed E-state index contributed by atoms with van der Waals surface area (Å²) in [6, 6.07) is 14.8. The number of anilines is 1. The number of para-hydroxylation sites is 1. The minimum Gasteiger partial charge on any atom is -0.448 e. The molecule has 2 heterocycles. The largest absolute Gasteiger partial charge is 0.448 e. The van der Waals surface area contributed by atoms with Crippen LogP contribution in [0.2, 0.25) is 0 Å². The lowest BCUT2D eigenvalue weighted by Gasteiger charge is -2.07. The van der Waals surface area contributed by atoms with Crippen LogP contribution in [0.15, 0.2) is 69.0 Å². The minimum atomic E-state index is -0.376. The molecule has 4 rings (SSSR count). The molecule has 0 saturated heterocycles. The molecule has 0 spiro atoms. The summed E-state index contributed by atoms with van der Waals surface area (Å²) in [5.74, 6) is -0.304. The third kappa shape index (κ3) is 2.97. The molecule has 0 fully saturated rings. The van der Waals surface area contributed by atoms with E-state index in [1.807, 2.05) is 48.7 Å². The number of furan rings is 1. The topological polar surface area (TPSA) is 77.1 Å². The first-order valence-corrected chi connectivity index (χ1v) is 9.19. The number of carbonyl (C=O) groups is 1. The first-order chi connectivity index (χ1) is 12.7. The van der Waals surface area contributed by atoms with E-state index in [4.69, 9.17) is 4.42 Å². The van der Waals surface area contributed by atoms with Crippen LogP contribution in [0.4, 0.5) is 5.69 Å². The average Bonchev–Trinajstić information content (AvgIpc) is 3.04. The van der Waals surface area contributed by atoms with Crippen molar-refractivity contribution in [2.24, 2.45) is 0 Å². The fourth-order valence-electron chi connectivity index (χ4n) is 2.76. The van der Waals surface area contributed by atoms with E-state index in [1.54, 1.807) is 17.8 Å². The summed E-state index contributed by atoms with van der Waals surface area (Å²) in [6.07, 6.45) is 3.37. The summed E-state index contributed by atoms with van der Waals surface area (Å²) in [5, 5.41) is 3.56. The fraction of sp³-hybridized carbons (Fsp3) is 0.105. The Balaban J connectivity index is 1.60. The molecule has 2 aromatic heterocycles. The second kappa shape index (κ2) is 6.68. The van der Waals surface area contributed by atoms with Crippen molar-refractivity contribution in [3.8, 4) is 0 Å². The number of rotatable bonds is 4. The van der Waals surface area contributed by atoms with Gasteiger partial charge in [-0.25, -0.2) is 4.98 Å². The first-order valence-electron chi connectivity index (χ1n) is 7.96. The third-order valence-electron chi connectivity index (χ3n) is 4.04. The van der Waals surface area contributed by atoms with E-state index in [-0.39, 0.29) is 23.6 Å².